The van der Waals surface area contributed by atoms with Crippen LogP contribution in [0.25, 0.3) is 0 Å². The van der Waals surface area contributed by atoms with Crippen LogP contribution in [-0.2, 0) is 6.54 Å². The molecule has 3 N–H and O–H groups in total. The van der Waals surface area contributed by atoms with Gasteiger partial charge in [-0.2, -0.15) is 0 Å². The molecule has 0 bridgehead atoms. The topological polar surface area (TPSA) is 66.8 Å². The number of anilines is 1. The number of fused-ring (bicyclic) bond motifs is 2. The van der Waals surface area contributed by atoms with Crippen molar-refractivity contribution in [1.29, 1.82) is 0 Å². The van der Waals surface area contributed by atoms with Crippen LogP contribution in [0.15, 0.2) is 57.3 Å². The Labute approximate surface area is 171 Å². The minimum Gasteiger partial charge on any atom is -0.366 e. The summed E-state index contributed by atoms with van der Waals surface area (Å²) in [5, 5.41) is 6.74. The third-order valence-corrected chi connectivity index (χ3v) is 6.15. The highest BCUT2D eigenvalue weighted by atomic mass is 32.2. The standard InChI is InChI=1S/C22H27N5S/c1-14(2)26-20-18-21(25-13-24-20)28-19-16(10-22(3,4)11-17(19)27-18)23-12-15-8-6-5-7-9-15/h5-9,13-14,23H,10-12H2,1-4H3,(H,24,25,26)/p+1. The van der Waals surface area contributed by atoms with Gasteiger partial charge in [0.25, 0.3) is 0 Å². The number of nitrogens with one attached hydrogen (secondary N) is 1. The van der Waals surface area contributed by atoms with Crippen LogP contribution in [0, 0.1) is 5.41 Å². The van der Waals surface area contributed by atoms with Crippen molar-refractivity contribution < 1.29 is 5.32 Å². The van der Waals surface area contributed by atoms with Crippen LogP contribution >= 0.6 is 11.8 Å². The molecule has 2 aromatic rings. The summed E-state index contributed by atoms with van der Waals surface area (Å²) in [5.41, 5.74) is 5.00. The summed E-state index contributed by atoms with van der Waals surface area (Å²) in [6.07, 6.45) is 3.68. The lowest BCUT2D eigenvalue weighted by Crippen LogP contribution is -2.81. The molecule has 0 saturated carbocycles. The van der Waals surface area contributed by atoms with Gasteiger partial charge in [-0.1, -0.05) is 55.9 Å². The molecule has 0 saturated heterocycles. The van der Waals surface area contributed by atoms with Crippen molar-refractivity contribution in [3.8, 4) is 0 Å². The number of benzene rings is 1. The number of aromatic nitrogens is 2. The lowest BCUT2D eigenvalue weighted by atomic mass is 9.78. The van der Waals surface area contributed by atoms with E-state index in [0.29, 0.717) is 6.04 Å². The van der Waals surface area contributed by atoms with E-state index >= 15 is 0 Å². The van der Waals surface area contributed by atoms with Gasteiger partial charge >= 0.3 is 0 Å². The second-order valence-electron chi connectivity index (χ2n) is 8.60. The number of allylic oxidation sites excluding steroid dienone is 2. The summed E-state index contributed by atoms with van der Waals surface area (Å²) in [6, 6.07) is 10.9. The molecule has 0 atom stereocenters. The number of hydrogen-bond donors (Lipinski definition) is 2. The summed E-state index contributed by atoms with van der Waals surface area (Å²) >= 11 is 1.75. The Morgan fingerprint density at radius 3 is 2.68 bits per heavy atom. The Kier molecular flexibility index (Phi) is 5.25. The van der Waals surface area contributed by atoms with E-state index in [1.807, 2.05) is 0 Å². The zero-order valence-corrected chi connectivity index (χ0v) is 17.8. The fourth-order valence-corrected chi connectivity index (χ4v) is 4.82. The molecule has 0 radical (unpaired) electrons. The van der Waals surface area contributed by atoms with Crippen molar-refractivity contribution in [2.75, 3.05) is 5.32 Å². The molecule has 28 heavy (non-hydrogen) atoms. The predicted molar refractivity (Wildman–Crippen MR) is 116 cm³/mol. The average Bonchev–Trinajstić information content (AvgIpc) is 2.65. The van der Waals surface area contributed by atoms with E-state index in [2.05, 4.69) is 78.6 Å². The third kappa shape index (κ3) is 4.13. The van der Waals surface area contributed by atoms with Crippen LogP contribution in [0.3, 0.4) is 0 Å². The SMILES string of the molecule is CC(C)Nc1ncnc2c1N=C1CC(C)(C)CC([NH2+]Cc3ccccc3)=C1S2. The van der Waals surface area contributed by atoms with Crippen molar-refractivity contribution in [1.82, 2.24) is 9.97 Å². The van der Waals surface area contributed by atoms with Gasteiger partial charge in [-0.15, -0.1) is 0 Å². The fraction of sp³-hybridized carbons (Fsp3) is 0.409. The highest BCUT2D eigenvalue weighted by Crippen LogP contribution is 2.48. The smallest absolute Gasteiger partial charge is 0.156 e. The zero-order chi connectivity index (χ0) is 19.7. The quantitative estimate of drug-likeness (QED) is 0.743. The van der Waals surface area contributed by atoms with Crippen LogP contribution in [0.5, 0.6) is 0 Å². The fourth-order valence-electron chi connectivity index (χ4n) is 3.76. The summed E-state index contributed by atoms with van der Waals surface area (Å²) in [6.45, 7) is 9.84. The number of aliphatic imine (C=N–C) groups is 1. The molecular formula is C22H28N5S+. The molecular weight excluding hydrogens is 366 g/mol. The van der Waals surface area contributed by atoms with Gasteiger partial charge < -0.3 is 10.6 Å². The highest BCUT2D eigenvalue weighted by molar-refractivity contribution is 8.04. The molecule has 0 unspecified atom stereocenters. The molecule has 6 heteroatoms. The molecule has 2 heterocycles. The molecule has 0 amide bonds. The molecule has 1 aromatic heterocycles. The number of quaternary nitrogens is 1. The second kappa shape index (κ2) is 7.68. The van der Waals surface area contributed by atoms with Crippen molar-refractivity contribution in [2.24, 2.45) is 10.4 Å². The molecule has 0 fully saturated rings. The minimum atomic E-state index is 0.199. The Balaban J connectivity index is 1.69. The molecule has 4 rings (SSSR count). The predicted octanol–water partition coefficient (Wildman–Crippen LogP) is 4.27. The molecule has 1 aliphatic heterocycles. The first-order valence-corrected chi connectivity index (χ1v) is 10.7. The molecule has 1 aliphatic carbocycles. The third-order valence-electron chi connectivity index (χ3n) is 4.96. The lowest BCUT2D eigenvalue weighted by Gasteiger charge is -2.33. The zero-order valence-electron chi connectivity index (χ0n) is 17.0. The van der Waals surface area contributed by atoms with E-state index in [4.69, 9.17) is 4.99 Å². The van der Waals surface area contributed by atoms with Crippen molar-refractivity contribution in [3.05, 3.63) is 52.8 Å². The molecule has 0 spiro atoms. The van der Waals surface area contributed by atoms with E-state index in [1.165, 1.54) is 21.9 Å². The number of nitrogens with zero attached hydrogens (tertiary/aromatic N) is 3. The first-order chi connectivity index (χ1) is 13.4. The van der Waals surface area contributed by atoms with Gasteiger partial charge in [-0.25, -0.2) is 15.0 Å². The van der Waals surface area contributed by atoms with Gasteiger partial charge in [0.1, 0.15) is 29.3 Å². The molecule has 1 aromatic carbocycles. The maximum absolute atomic E-state index is 5.05. The summed E-state index contributed by atoms with van der Waals surface area (Å²) in [4.78, 5) is 15.3. The Bertz CT molecular complexity index is 931. The van der Waals surface area contributed by atoms with Crippen molar-refractivity contribution in [2.45, 2.75) is 58.1 Å². The van der Waals surface area contributed by atoms with Gasteiger partial charge in [0.05, 0.1) is 10.6 Å². The van der Waals surface area contributed by atoms with E-state index < -0.39 is 0 Å². The lowest BCUT2D eigenvalue weighted by molar-refractivity contribution is -0.626. The summed E-state index contributed by atoms with van der Waals surface area (Å²) in [7, 11) is 0. The van der Waals surface area contributed by atoms with Gasteiger partial charge in [0.2, 0.25) is 0 Å². The molecule has 146 valence electrons. The normalized spacial score (nSPS) is 17.8. The molecule has 5 nitrogen and oxygen atoms in total. The van der Waals surface area contributed by atoms with Gasteiger partial charge in [-0.3, -0.25) is 0 Å². The van der Waals surface area contributed by atoms with E-state index in [1.54, 1.807) is 18.1 Å². The van der Waals surface area contributed by atoms with Gasteiger partial charge in [-0.05, 0) is 25.7 Å². The number of nitrogens with two attached hydrogens (primary N) is 1. The minimum absolute atomic E-state index is 0.199. The van der Waals surface area contributed by atoms with Crippen molar-refractivity contribution >= 4 is 29.0 Å². The van der Waals surface area contributed by atoms with E-state index in [-0.39, 0.29) is 5.41 Å². The van der Waals surface area contributed by atoms with Crippen LogP contribution in [0.2, 0.25) is 0 Å². The number of rotatable bonds is 5. The first kappa shape index (κ1) is 19.2. The maximum atomic E-state index is 5.05. The average molecular weight is 395 g/mol. The first-order valence-electron chi connectivity index (χ1n) is 9.89. The number of thioether (sulfide) groups is 1. The Morgan fingerprint density at radius 1 is 1.14 bits per heavy atom. The van der Waals surface area contributed by atoms with Crippen LogP contribution in [-0.4, -0.2) is 21.7 Å². The summed E-state index contributed by atoms with van der Waals surface area (Å²) in [5.74, 6) is 0.831. The monoisotopic (exact) mass is 394 g/mol. The van der Waals surface area contributed by atoms with Crippen LogP contribution in [0.1, 0.15) is 46.1 Å². The van der Waals surface area contributed by atoms with Crippen molar-refractivity contribution in [3.63, 3.8) is 0 Å². The van der Waals surface area contributed by atoms with E-state index in [0.717, 1.165) is 35.9 Å². The molecule has 2 aliphatic rings. The van der Waals surface area contributed by atoms with Crippen LogP contribution in [0.4, 0.5) is 11.5 Å². The largest absolute Gasteiger partial charge is 0.366 e. The highest BCUT2D eigenvalue weighted by Gasteiger charge is 2.37. The van der Waals surface area contributed by atoms with E-state index in [9.17, 15) is 0 Å². The second-order valence-corrected chi connectivity index (χ2v) is 9.60. The van der Waals surface area contributed by atoms with Crippen LogP contribution < -0.4 is 10.6 Å². The summed E-state index contributed by atoms with van der Waals surface area (Å²) < 4.78 is 0. The Hall–Kier alpha value is -2.18. The Morgan fingerprint density at radius 2 is 1.93 bits per heavy atom. The number of hydrogen-bond acceptors (Lipinski definition) is 5. The maximum Gasteiger partial charge on any atom is 0.156 e. The van der Waals surface area contributed by atoms with Gasteiger partial charge in [0, 0.05) is 18.0 Å². The van der Waals surface area contributed by atoms with Gasteiger partial charge in [0.15, 0.2) is 5.82 Å².